The fraction of sp³-hybridized carbons (Fsp3) is 0.125. The van der Waals surface area contributed by atoms with Crippen LogP contribution in [0.5, 0.6) is 0 Å². The lowest BCUT2D eigenvalue weighted by molar-refractivity contribution is -0.212. The number of alkyl halides is 3. The van der Waals surface area contributed by atoms with Gasteiger partial charge in [0.25, 0.3) is 0 Å². The van der Waals surface area contributed by atoms with Gasteiger partial charge in [-0.15, -0.1) is 0 Å². The molecule has 0 unspecified atom stereocenters. The van der Waals surface area contributed by atoms with Crippen LogP contribution in [0.2, 0.25) is 0 Å². The van der Waals surface area contributed by atoms with E-state index in [4.69, 9.17) is 0 Å². The van der Waals surface area contributed by atoms with Gasteiger partial charge >= 0.3 is 15.5 Å². The molecule has 0 aliphatic carbocycles. The van der Waals surface area contributed by atoms with Crippen molar-refractivity contribution in [1.82, 2.24) is 0 Å². The third-order valence-corrected chi connectivity index (χ3v) is 3.05. The molecule has 18 heavy (non-hydrogen) atoms. The predicted octanol–water partition coefficient (Wildman–Crippen LogP) is 1.54. The first-order valence-corrected chi connectivity index (χ1v) is 6.31. The molecule has 0 atom stereocenters. The van der Waals surface area contributed by atoms with Crippen molar-refractivity contribution in [2.45, 2.75) is 5.51 Å². The summed E-state index contributed by atoms with van der Waals surface area (Å²) in [5.74, 6) is -2.63. The summed E-state index contributed by atoms with van der Waals surface area (Å²) in [4.78, 5) is 0. The van der Waals surface area contributed by atoms with E-state index in [0.29, 0.717) is 6.07 Å². The molecule has 0 aromatic heterocycles. The molecule has 0 heterocycles. The van der Waals surface area contributed by atoms with Crippen molar-refractivity contribution in [3.63, 3.8) is 0 Å². The van der Waals surface area contributed by atoms with Gasteiger partial charge in [-0.2, -0.15) is 26.0 Å². The van der Waals surface area contributed by atoms with Gasteiger partial charge in [-0.1, -0.05) is 15.9 Å². The molecule has 0 radical (unpaired) electrons. The topological polar surface area (TPSA) is 69.6 Å². The summed E-state index contributed by atoms with van der Waals surface area (Å²) in [5, 5.41) is 11.2. The smallest absolute Gasteiger partial charge is 0.518 e. The van der Waals surface area contributed by atoms with Crippen LogP contribution < -0.4 is 5.11 Å². The molecular formula is C8H3BrF4NO3S-. The van der Waals surface area contributed by atoms with Gasteiger partial charge in [0.2, 0.25) is 0 Å². The lowest BCUT2D eigenvalue weighted by Gasteiger charge is -2.12. The molecule has 0 fully saturated rings. The lowest BCUT2D eigenvalue weighted by atomic mass is 10.2. The molecule has 0 amide bonds. The van der Waals surface area contributed by atoms with E-state index in [1.807, 2.05) is 0 Å². The Morgan fingerprint density at radius 1 is 1.28 bits per heavy atom. The highest BCUT2D eigenvalue weighted by atomic mass is 79.9. The minimum atomic E-state index is -5.93. The zero-order valence-corrected chi connectivity index (χ0v) is 10.6. The minimum Gasteiger partial charge on any atom is -0.858 e. The highest BCUT2D eigenvalue weighted by molar-refractivity contribution is 9.10. The van der Waals surface area contributed by atoms with E-state index in [-0.39, 0.29) is 4.47 Å². The molecule has 4 nitrogen and oxygen atoms in total. The van der Waals surface area contributed by atoms with Gasteiger partial charge < -0.3 is 5.11 Å². The maximum Gasteiger partial charge on any atom is 0.518 e. The van der Waals surface area contributed by atoms with Crippen LogP contribution in [0.15, 0.2) is 27.1 Å². The first-order chi connectivity index (χ1) is 8.03. The maximum atomic E-state index is 12.9. The summed E-state index contributed by atoms with van der Waals surface area (Å²) in [6.07, 6.45) is 0. The van der Waals surface area contributed by atoms with Gasteiger partial charge in [0.05, 0.1) is 0 Å². The average Bonchev–Trinajstić information content (AvgIpc) is 2.13. The lowest BCUT2D eigenvalue weighted by Crippen LogP contribution is -2.27. The summed E-state index contributed by atoms with van der Waals surface area (Å²) in [6, 6.07) is 2.46. The van der Waals surface area contributed by atoms with E-state index in [9.17, 15) is 31.1 Å². The normalized spacial score (nSPS) is 13.7. The largest absolute Gasteiger partial charge is 0.858 e. The Morgan fingerprint density at radius 2 is 1.83 bits per heavy atom. The zero-order valence-electron chi connectivity index (χ0n) is 8.20. The predicted molar refractivity (Wildman–Crippen MR) is 55.6 cm³/mol. The summed E-state index contributed by atoms with van der Waals surface area (Å²) < 4.78 is 72.0. The van der Waals surface area contributed by atoms with Gasteiger partial charge in [0, 0.05) is 10.4 Å². The van der Waals surface area contributed by atoms with Crippen LogP contribution in [0.25, 0.3) is 0 Å². The number of hydrogen-bond donors (Lipinski definition) is 0. The Hall–Kier alpha value is -1.16. The van der Waals surface area contributed by atoms with Crippen LogP contribution in [0.4, 0.5) is 17.6 Å². The summed E-state index contributed by atoms with van der Waals surface area (Å²) >= 11 is 2.79. The van der Waals surface area contributed by atoms with Gasteiger partial charge in [-0.3, -0.25) is 0 Å². The Bertz CT molecular complexity index is 577. The molecule has 0 spiro atoms. The van der Waals surface area contributed by atoms with E-state index in [2.05, 4.69) is 20.3 Å². The number of hydrogen-bond acceptors (Lipinski definition) is 3. The highest BCUT2D eigenvalue weighted by Crippen LogP contribution is 2.25. The van der Waals surface area contributed by atoms with Crippen LogP contribution in [0.1, 0.15) is 5.56 Å². The number of benzene rings is 1. The van der Waals surface area contributed by atoms with E-state index < -0.39 is 32.8 Å². The van der Waals surface area contributed by atoms with Crippen LogP contribution >= 0.6 is 15.9 Å². The van der Waals surface area contributed by atoms with Crippen molar-refractivity contribution in [3.05, 3.63) is 34.1 Å². The quantitative estimate of drug-likeness (QED) is 0.462. The molecule has 100 valence electrons. The summed E-state index contributed by atoms with van der Waals surface area (Å²) in [7, 11) is -5.93. The van der Waals surface area contributed by atoms with Gasteiger partial charge in [0.1, 0.15) is 5.82 Å². The zero-order chi connectivity index (χ0) is 14.1. The second kappa shape index (κ2) is 4.84. The van der Waals surface area contributed by atoms with E-state index >= 15 is 0 Å². The molecule has 1 aromatic carbocycles. The Morgan fingerprint density at radius 3 is 2.28 bits per heavy atom. The molecule has 1 rings (SSSR count). The van der Waals surface area contributed by atoms with Gasteiger partial charge in [-0.05, 0) is 23.8 Å². The Kier molecular flexibility index (Phi) is 4.01. The molecule has 0 saturated carbocycles. The maximum absolute atomic E-state index is 12.9. The van der Waals surface area contributed by atoms with Gasteiger partial charge in [0.15, 0.2) is 0 Å². The third kappa shape index (κ3) is 3.42. The number of rotatable bonds is 2. The first-order valence-electron chi connectivity index (χ1n) is 4.07. The Balaban J connectivity index is 3.27. The molecular weight excluding hydrogens is 346 g/mol. The van der Waals surface area contributed by atoms with Crippen molar-refractivity contribution < 1.29 is 31.1 Å². The van der Waals surface area contributed by atoms with Crippen molar-refractivity contribution in [1.29, 1.82) is 0 Å². The fourth-order valence-electron chi connectivity index (χ4n) is 0.891. The number of sulfonamides is 1. The van der Waals surface area contributed by atoms with Gasteiger partial charge in [-0.25, -0.2) is 4.39 Å². The minimum absolute atomic E-state index is 0.0606. The highest BCUT2D eigenvalue weighted by Gasteiger charge is 2.45. The van der Waals surface area contributed by atoms with Crippen LogP contribution in [-0.4, -0.2) is 19.8 Å². The second-order valence-corrected chi connectivity index (χ2v) is 5.49. The molecule has 0 N–H and O–H groups in total. The molecule has 0 saturated heterocycles. The van der Waals surface area contributed by atoms with Crippen molar-refractivity contribution >= 4 is 31.9 Å². The average molecular weight is 349 g/mol. The summed E-state index contributed by atoms with van der Waals surface area (Å²) in [5.41, 5.74) is -6.29. The molecule has 10 heteroatoms. The number of halogens is 5. The van der Waals surface area contributed by atoms with Crippen molar-refractivity contribution in [2.24, 2.45) is 4.40 Å². The Labute approximate surface area is 107 Å². The van der Waals surface area contributed by atoms with E-state index in [1.165, 1.54) is 0 Å². The number of nitrogens with zero attached hydrogens (tertiary/aromatic N) is 1. The van der Waals surface area contributed by atoms with E-state index in [1.54, 1.807) is 0 Å². The molecule has 0 aliphatic heterocycles. The fourth-order valence-corrected chi connectivity index (χ4v) is 1.78. The molecule has 1 aromatic rings. The second-order valence-electron chi connectivity index (χ2n) is 2.98. The van der Waals surface area contributed by atoms with Crippen molar-refractivity contribution in [3.8, 4) is 0 Å². The van der Waals surface area contributed by atoms with Crippen molar-refractivity contribution in [2.75, 3.05) is 0 Å². The first kappa shape index (κ1) is 14.9. The SMILES string of the molecule is O=S(=O)(/N=C(\[O-])c1cc(F)cc(Br)c1)C(F)(F)F. The third-order valence-electron chi connectivity index (χ3n) is 1.61. The summed E-state index contributed by atoms with van der Waals surface area (Å²) in [6.45, 7) is 0. The standard InChI is InChI=1S/C8H4BrF4NO3S/c9-5-1-4(2-6(10)3-5)7(15)14-18(16,17)8(11,12)13/h1-3H,(H,14,15)/p-1. The monoisotopic (exact) mass is 348 g/mol. The molecule has 0 bridgehead atoms. The van der Waals surface area contributed by atoms with Crippen LogP contribution in [-0.2, 0) is 10.0 Å². The van der Waals surface area contributed by atoms with Crippen LogP contribution in [0.3, 0.4) is 0 Å². The molecule has 0 aliphatic rings. The van der Waals surface area contributed by atoms with Crippen LogP contribution in [0, 0.1) is 5.82 Å². The van der Waals surface area contributed by atoms with E-state index in [0.717, 1.165) is 12.1 Å².